The normalized spacial score (nSPS) is 42.8. The van der Waals surface area contributed by atoms with Crippen LogP contribution in [0.2, 0.25) is 0 Å². The molecule has 4 nitrogen and oxygen atoms in total. The number of carbonyl (C=O) groups is 1. The van der Waals surface area contributed by atoms with Crippen LogP contribution in [0.5, 0.6) is 11.5 Å². The molecule has 4 N–H and O–H groups in total. The van der Waals surface area contributed by atoms with E-state index in [1.54, 1.807) is 0 Å². The van der Waals surface area contributed by atoms with Gasteiger partial charge in [0.05, 0.1) is 0 Å². The number of phenolic OH excluding ortho intramolecular Hbond substituents is 2. The third kappa shape index (κ3) is 3.51. The van der Waals surface area contributed by atoms with Crippen LogP contribution in [-0.2, 0) is 10.2 Å². The largest absolute Gasteiger partial charge is 0.504 e. The molecule has 3 fully saturated rings. The van der Waals surface area contributed by atoms with Gasteiger partial charge in [-0.1, -0.05) is 60.1 Å². The first kappa shape index (κ1) is 27.0. The Kier molecular flexibility index (Phi) is 5.97. The van der Waals surface area contributed by atoms with Crippen LogP contribution in [0.15, 0.2) is 17.7 Å². The minimum Gasteiger partial charge on any atom is -0.504 e. The number of benzene rings is 1. The number of rotatable bonds is 3. The molecule has 1 aromatic carbocycles. The van der Waals surface area contributed by atoms with E-state index >= 15 is 0 Å². The molecule has 0 bridgehead atoms. The van der Waals surface area contributed by atoms with Gasteiger partial charge in [0, 0.05) is 16.1 Å². The van der Waals surface area contributed by atoms with Crippen LogP contribution in [0.4, 0.5) is 0 Å². The highest BCUT2D eigenvalue weighted by molar-refractivity contribution is 8.00. The highest BCUT2D eigenvalue weighted by Gasteiger charge is 2.67. The first-order chi connectivity index (χ1) is 17.0. The van der Waals surface area contributed by atoms with Crippen LogP contribution in [0.1, 0.15) is 115 Å². The van der Waals surface area contributed by atoms with Crippen LogP contribution in [0, 0.1) is 34.5 Å². The maximum atomic E-state index is 12.6. The number of primary amides is 1. The lowest BCUT2D eigenvalue weighted by molar-refractivity contribution is -0.166. The smallest absolute Gasteiger partial charge is 0.223 e. The fraction of sp³-hybridized carbons (Fsp3) is 0.719. The van der Waals surface area contributed by atoms with E-state index in [2.05, 4.69) is 54.5 Å². The number of hydrogen-bond acceptors (Lipinski definition) is 4. The Morgan fingerprint density at radius 3 is 2.30 bits per heavy atom. The monoisotopic (exact) mass is 525 g/mol. The minimum atomic E-state index is -0.434. The van der Waals surface area contributed by atoms with Crippen LogP contribution >= 0.6 is 11.8 Å². The molecule has 1 unspecified atom stereocenters. The number of hydrogen-bond donors (Lipinski definition) is 3. The van der Waals surface area contributed by atoms with Gasteiger partial charge in [-0.15, -0.1) is 11.8 Å². The molecule has 37 heavy (non-hydrogen) atoms. The van der Waals surface area contributed by atoms with Crippen molar-refractivity contribution in [1.82, 2.24) is 0 Å². The van der Waals surface area contributed by atoms with Crippen molar-refractivity contribution >= 4 is 17.7 Å². The van der Waals surface area contributed by atoms with Crippen LogP contribution in [-0.4, -0.2) is 21.4 Å². The van der Waals surface area contributed by atoms with E-state index in [4.69, 9.17) is 5.73 Å². The van der Waals surface area contributed by atoms with Crippen molar-refractivity contribution in [3.8, 4) is 11.5 Å². The van der Waals surface area contributed by atoms with Gasteiger partial charge in [-0.05, 0) is 102 Å². The zero-order valence-corrected chi connectivity index (χ0v) is 24.9. The van der Waals surface area contributed by atoms with Crippen molar-refractivity contribution < 1.29 is 15.0 Å². The first-order valence-corrected chi connectivity index (χ1v) is 15.2. The molecule has 5 rings (SSSR count). The first-order valence-electron chi connectivity index (χ1n) is 14.3. The number of thioether (sulfide) groups is 1. The van der Waals surface area contributed by atoms with Gasteiger partial charge in [0.2, 0.25) is 5.91 Å². The summed E-state index contributed by atoms with van der Waals surface area (Å²) in [6.07, 6.45) is 9.78. The molecule has 0 aromatic heterocycles. The Morgan fingerprint density at radius 2 is 1.68 bits per heavy atom. The average molecular weight is 526 g/mol. The summed E-state index contributed by atoms with van der Waals surface area (Å²) >= 11 is 1.93. The summed E-state index contributed by atoms with van der Waals surface area (Å²) in [7, 11) is 0. The Morgan fingerprint density at radius 1 is 1.03 bits per heavy atom. The van der Waals surface area contributed by atoms with Crippen LogP contribution in [0.25, 0.3) is 0 Å². The molecule has 4 aliphatic carbocycles. The molecule has 7 atom stereocenters. The van der Waals surface area contributed by atoms with E-state index < -0.39 is 5.41 Å². The van der Waals surface area contributed by atoms with Gasteiger partial charge in [-0.2, -0.15) is 0 Å². The standard InChI is InChI=1S/C32H47NO3S/c1-18(2)37-22-16-23-30(6,20-15-21(34)26(35)19(3)25(20)22)12-14-32(8)24-17-29(5,27(33)36)10-9-28(24,4)11-13-31(23,32)7/h15-16,18,22,24,34-35H,9-14,17H2,1-8H3,(H2,33,36)/t22?,24-,28-,29-,30+,31-,32+/m1/s1. The summed E-state index contributed by atoms with van der Waals surface area (Å²) in [6.45, 7) is 18.4. The van der Waals surface area contributed by atoms with E-state index in [0.29, 0.717) is 11.2 Å². The highest BCUT2D eigenvalue weighted by atomic mass is 32.2. The van der Waals surface area contributed by atoms with Crippen molar-refractivity contribution in [2.45, 2.75) is 116 Å². The van der Waals surface area contributed by atoms with Crippen molar-refractivity contribution in [1.29, 1.82) is 0 Å². The fourth-order valence-electron chi connectivity index (χ4n) is 9.31. The number of carbonyl (C=O) groups excluding carboxylic acids is 1. The predicted octanol–water partition coefficient (Wildman–Crippen LogP) is 7.68. The molecule has 5 heteroatoms. The Bertz CT molecular complexity index is 1190. The second-order valence-electron chi connectivity index (χ2n) is 14.4. The number of phenols is 2. The topological polar surface area (TPSA) is 83.6 Å². The van der Waals surface area contributed by atoms with Gasteiger partial charge in [-0.3, -0.25) is 4.79 Å². The SMILES string of the molecule is Cc1c(O)c(O)cc2c1C(SC(C)C)C=C1[C@@]2(C)CC[C@@]2(C)[C@@H]3C[C@](C)(C(N)=O)CC[C@]3(C)CC[C@]12C. The average Bonchev–Trinajstić information content (AvgIpc) is 2.81. The third-order valence-corrected chi connectivity index (χ3v) is 13.3. The van der Waals surface area contributed by atoms with Crippen LogP contribution in [0.3, 0.4) is 0 Å². The number of amides is 1. The van der Waals surface area contributed by atoms with E-state index in [0.717, 1.165) is 44.1 Å². The molecule has 4 aliphatic rings. The number of fused-ring (bicyclic) bond motifs is 7. The van der Waals surface area contributed by atoms with Crippen molar-refractivity contribution in [3.05, 3.63) is 34.4 Å². The second-order valence-corrected chi connectivity index (χ2v) is 16.2. The molecule has 0 heterocycles. The van der Waals surface area contributed by atoms with E-state index in [1.807, 2.05) is 24.8 Å². The maximum Gasteiger partial charge on any atom is 0.223 e. The zero-order chi connectivity index (χ0) is 27.3. The van der Waals surface area contributed by atoms with Crippen molar-refractivity contribution in [2.75, 3.05) is 0 Å². The van der Waals surface area contributed by atoms with Gasteiger partial charge in [0.25, 0.3) is 0 Å². The van der Waals surface area contributed by atoms with Crippen molar-refractivity contribution in [2.24, 2.45) is 33.3 Å². The number of aromatic hydroxyl groups is 2. The van der Waals surface area contributed by atoms with Gasteiger partial charge in [-0.25, -0.2) is 0 Å². The predicted molar refractivity (Wildman–Crippen MR) is 153 cm³/mol. The maximum absolute atomic E-state index is 12.6. The Hall–Kier alpha value is -1.62. The highest BCUT2D eigenvalue weighted by Crippen LogP contribution is 2.75. The molecule has 0 saturated heterocycles. The zero-order valence-electron chi connectivity index (χ0n) is 24.1. The lowest BCUT2D eigenvalue weighted by atomic mass is 9.34. The Balaban J connectivity index is 1.69. The molecular weight excluding hydrogens is 478 g/mol. The van der Waals surface area contributed by atoms with Gasteiger partial charge in [0.1, 0.15) is 0 Å². The number of allylic oxidation sites excluding steroid dienone is 1. The van der Waals surface area contributed by atoms with Gasteiger partial charge in [0.15, 0.2) is 11.5 Å². The molecule has 0 radical (unpaired) electrons. The van der Waals surface area contributed by atoms with E-state index in [-0.39, 0.29) is 44.3 Å². The van der Waals surface area contributed by atoms with Crippen molar-refractivity contribution in [3.63, 3.8) is 0 Å². The molecule has 0 aliphatic heterocycles. The summed E-state index contributed by atoms with van der Waals surface area (Å²) in [5, 5.41) is 22.0. The summed E-state index contributed by atoms with van der Waals surface area (Å²) in [4.78, 5) is 12.6. The summed E-state index contributed by atoms with van der Waals surface area (Å²) in [6, 6.07) is 1.86. The fourth-order valence-corrected chi connectivity index (χ4v) is 10.6. The summed E-state index contributed by atoms with van der Waals surface area (Å²) in [5.74, 6) is 0.298. The van der Waals surface area contributed by atoms with E-state index in [1.165, 1.54) is 23.1 Å². The lowest BCUT2D eigenvalue weighted by Crippen LogP contribution is -2.63. The quantitative estimate of drug-likeness (QED) is 0.279. The number of nitrogens with two attached hydrogens (primary N) is 1. The van der Waals surface area contributed by atoms with Gasteiger partial charge < -0.3 is 15.9 Å². The molecule has 204 valence electrons. The van der Waals surface area contributed by atoms with E-state index in [9.17, 15) is 15.0 Å². The van der Waals surface area contributed by atoms with Gasteiger partial charge >= 0.3 is 0 Å². The molecule has 3 saturated carbocycles. The summed E-state index contributed by atoms with van der Waals surface area (Å²) in [5.41, 5.74) is 10.3. The van der Waals surface area contributed by atoms with Crippen LogP contribution < -0.4 is 5.73 Å². The minimum absolute atomic E-state index is 0.00812. The summed E-state index contributed by atoms with van der Waals surface area (Å²) < 4.78 is 0. The molecule has 1 aromatic rings. The molecule has 0 spiro atoms. The second kappa shape index (κ2) is 8.19. The molecular formula is C32H47NO3S. The molecule has 1 amide bonds. The lowest BCUT2D eigenvalue weighted by Gasteiger charge is -2.70. The third-order valence-electron chi connectivity index (χ3n) is 12.1. The Labute approximate surface area is 227 Å².